The summed E-state index contributed by atoms with van der Waals surface area (Å²) < 4.78 is 7.39. The molecule has 3 heterocycles. The zero-order chi connectivity index (χ0) is 28.3. The van der Waals surface area contributed by atoms with Crippen LogP contribution < -0.4 is 10.6 Å². The van der Waals surface area contributed by atoms with Crippen molar-refractivity contribution in [3.05, 3.63) is 71.4 Å². The number of piperidine rings is 1. The number of carbonyl (C=O) groups is 2. The number of ether oxygens (including phenoxy) is 1. The lowest BCUT2D eigenvalue weighted by Crippen LogP contribution is -2.44. The van der Waals surface area contributed by atoms with Gasteiger partial charge in [-0.15, -0.1) is 0 Å². The molecule has 0 radical (unpaired) electrons. The fourth-order valence-corrected chi connectivity index (χ4v) is 5.45. The van der Waals surface area contributed by atoms with Gasteiger partial charge in [0, 0.05) is 36.9 Å². The van der Waals surface area contributed by atoms with Gasteiger partial charge in [-0.05, 0) is 68.7 Å². The number of nitrogens with zero attached hydrogens (tertiary/aromatic N) is 3. The molecule has 0 saturated carbocycles. The molecule has 0 aliphatic carbocycles. The van der Waals surface area contributed by atoms with Gasteiger partial charge in [0.25, 0.3) is 5.91 Å². The second kappa shape index (κ2) is 11.8. The minimum absolute atomic E-state index is 0.147. The molecule has 0 spiro atoms. The second-order valence-electron chi connectivity index (χ2n) is 12.1. The lowest BCUT2D eigenvalue weighted by atomic mass is 9.89. The zero-order valence-electron chi connectivity index (χ0n) is 24.1. The van der Waals surface area contributed by atoms with Crippen LogP contribution in [-0.2, 0) is 21.4 Å². The van der Waals surface area contributed by atoms with E-state index in [9.17, 15) is 9.59 Å². The monoisotopic (exact) mass is 543 g/mol. The van der Waals surface area contributed by atoms with Gasteiger partial charge < -0.3 is 15.0 Å². The molecule has 212 valence electrons. The first kappa shape index (κ1) is 27.9. The van der Waals surface area contributed by atoms with Crippen molar-refractivity contribution in [1.82, 2.24) is 14.7 Å². The number of aryl methyl sites for hydroxylation is 1. The van der Waals surface area contributed by atoms with Crippen LogP contribution >= 0.6 is 0 Å². The lowest BCUT2D eigenvalue weighted by Gasteiger charge is -2.33. The molecule has 3 amide bonds. The zero-order valence-corrected chi connectivity index (χ0v) is 24.1. The standard InChI is InChI=1S/C32H41N5O3/c1-22-11-13-25(14-12-22)37-29(21-28(35-37)32(2,3)4)34-31(39)33-26-9-6-5-8-24(26)20-23-15-17-36(18-16-23)30(38)27-10-7-19-40-27/h5-6,8-9,11-14,21,23,27H,7,10,15-20H2,1-4H3,(H2,33,34,39). The van der Waals surface area contributed by atoms with Crippen molar-refractivity contribution in [2.24, 2.45) is 5.92 Å². The van der Waals surface area contributed by atoms with Crippen LogP contribution in [0.1, 0.15) is 63.3 Å². The Morgan fingerprint density at radius 1 is 1.00 bits per heavy atom. The largest absolute Gasteiger partial charge is 0.368 e. The Kier molecular flexibility index (Phi) is 8.26. The summed E-state index contributed by atoms with van der Waals surface area (Å²) in [5.74, 6) is 1.22. The van der Waals surface area contributed by atoms with E-state index in [1.165, 1.54) is 0 Å². The van der Waals surface area contributed by atoms with Crippen molar-refractivity contribution in [1.29, 1.82) is 0 Å². The molecule has 1 aromatic heterocycles. The minimum atomic E-state index is -0.307. The molecular weight excluding hydrogens is 502 g/mol. The van der Waals surface area contributed by atoms with E-state index in [1.54, 1.807) is 4.68 Å². The molecule has 40 heavy (non-hydrogen) atoms. The summed E-state index contributed by atoms with van der Waals surface area (Å²) in [7, 11) is 0. The highest BCUT2D eigenvalue weighted by molar-refractivity contribution is 6.00. The van der Waals surface area contributed by atoms with E-state index in [4.69, 9.17) is 9.84 Å². The maximum absolute atomic E-state index is 13.2. The number of hydrogen-bond donors (Lipinski definition) is 2. The molecule has 5 rings (SSSR count). The van der Waals surface area contributed by atoms with Gasteiger partial charge in [0.15, 0.2) is 0 Å². The second-order valence-corrected chi connectivity index (χ2v) is 12.1. The topological polar surface area (TPSA) is 88.5 Å². The Labute approximate surface area is 237 Å². The van der Waals surface area contributed by atoms with Gasteiger partial charge in [0.05, 0.1) is 11.4 Å². The van der Waals surface area contributed by atoms with Crippen LogP contribution in [0.3, 0.4) is 0 Å². The predicted octanol–water partition coefficient (Wildman–Crippen LogP) is 6.08. The van der Waals surface area contributed by atoms with Crippen molar-refractivity contribution in [2.45, 2.75) is 71.3 Å². The molecule has 2 N–H and O–H groups in total. The summed E-state index contributed by atoms with van der Waals surface area (Å²) >= 11 is 0. The van der Waals surface area contributed by atoms with Gasteiger partial charge >= 0.3 is 6.03 Å². The van der Waals surface area contributed by atoms with Gasteiger partial charge in [-0.25, -0.2) is 9.48 Å². The molecule has 8 nitrogen and oxygen atoms in total. The van der Waals surface area contributed by atoms with Crippen molar-refractivity contribution in [3.8, 4) is 5.69 Å². The number of carbonyl (C=O) groups excluding carboxylic acids is 2. The van der Waals surface area contributed by atoms with E-state index in [0.717, 1.165) is 73.4 Å². The van der Waals surface area contributed by atoms with E-state index in [-0.39, 0.29) is 23.5 Å². The van der Waals surface area contributed by atoms with E-state index < -0.39 is 0 Å². The fourth-order valence-electron chi connectivity index (χ4n) is 5.45. The molecule has 2 aliphatic heterocycles. The van der Waals surface area contributed by atoms with Gasteiger partial charge in [-0.3, -0.25) is 10.1 Å². The van der Waals surface area contributed by atoms with Crippen molar-refractivity contribution >= 4 is 23.4 Å². The van der Waals surface area contributed by atoms with Gasteiger partial charge in [-0.2, -0.15) is 5.10 Å². The Morgan fingerprint density at radius 3 is 2.40 bits per heavy atom. The first-order valence-electron chi connectivity index (χ1n) is 14.4. The van der Waals surface area contributed by atoms with Crippen molar-refractivity contribution in [3.63, 3.8) is 0 Å². The number of urea groups is 1. The van der Waals surface area contributed by atoms with E-state index in [2.05, 4.69) is 37.5 Å². The molecule has 1 atom stereocenters. The maximum Gasteiger partial charge on any atom is 0.324 e. The number of hydrogen-bond acceptors (Lipinski definition) is 4. The predicted molar refractivity (Wildman–Crippen MR) is 158 cm³/mol. The highest BCUT2D eigenvalue weighted by atomic mass is 16.5. The molecule has 2 fully saturated rings. The molecule has 2 saturated heterocycles. The third-order valence-electron chi connectivity index (χ3n) is 7.90. The van der Waals surface area contributed by atoms with Crippen molar-refractivity contribution < 1.29 is 14.3 Å². The van der Waals surface area contributed by atoms with Crippen LogP contribution in [0.4, 0.5) is 16.3 Å². The highest BCUT2D eigenvalue weighted by Crippen LogP contribution is 2.29. The average molecular weight is 544 g/mol. The molecule has 2 aliphatic rings. The highest BCUT2D eigenvalue weighted by Gasteiger charge is 2.31. The number of rotatable bonds is 6. The lowest BCUT2D eigenvalue weighted by molar-refractivity contribution is -0.142. The number of amides is 3. The van der Waals surface area contributed by atoms with Crippen LogP contribution in [0.5, 0.6) is 0 Å². The van der Waals surface area contributed by atoms with Crippen LogP contribution in [0, 0.1) is 12.8 Å². The molecule has 1 unspecified atom stereocenters. The summed E-state index contributed by atoms with van der Waals surface area (Å²) in [5.41, 5.74) is 4.68. The Morgan fingerprint density at radius 2 is 1.73 bits per heavy atom. The van der Waals surface area contributed by atoms with Gasteiger partial charge in [0.2, 0.25) is 0 Å². The Hall–Kier alpha value is -3.65. The van der Waals surface area contributed by atoms with Crippen molar-refractivity contribution in [2.75, 3.05) is 30.3 Å². The van der Waals surface area contributed by atoms with E-state index in [1.807, 2.05) is 60.4 Å². The van der Waals surface area contributed by atoms with Crippen LogP contribution in [0.2, 0.25) is 0 Å². The molecule has 3 aromatic rings. The molecule has 2 aromatic carbocycles. The van der Waals surface area contributed by atoms with E-state index in [0.29, 0.717) is 18.3 Å². The summed E-state index contributed by atoms with van der Waals surface area (Å²) in [6.45, 7) is 10.6. The number of anilines is 2. The number of benzene rings is 2. The quantitative estimate of drug-likeness (QED) is 0.394. The number of para-hydroxylation sites is 1. The van der Waals surface area contributed by atoms with Gasteiger partial charge in [0.1, 0.15) is 11.9 Å². The maximum atomic E-state index is 13.2. The number of likely N-dealkylation sites (tertiary alicyclic amines) is 1. The number of aromatic nitrogens is 2. The summed E-state index contributed by atoms with van der Waals surface area (Å²) in [6, 6.07) is 17.7. The Bertz CT molecular complexity index is 1330. The van der Waals surface area contributed by atoms with Crippen LogP contribution in [-0.4, -0.2) is 52.4 Å². The smallest absolute Gasteiger partial charge is 0.324 e. The third kappa shape index (κ3) is 6.55. The van der Waals surface area contributed by atoms with Crippen LogP contribution in [0.15, 0.2) is 54.6 Å². The van der Waals surface area contributed by atoms with Crippen LogP contribution in [0.25, 0.3) is 5.69 Å². The first-order chi connectivity index (χ1) is 19.2. The normalized spacial score (nSPS) is 18.1. The summed E-state index contributed by atoms with van der Waals surface area (Å²) in [4.78, 5) is 27.9. The summed E-state index contributed by atoms with van der Waals surface area (Å²) in [6.07, 6.45) is 4.31. The minimum Gasteiger partial charge on any atom is -0.368 e. The summed E-state index contributed by atoms with van der Waals surface area (Å²) in [5, 5.41) is 10.9. The average Bonchev–Trinajstić information content (AvgIpc) is 3.61. The van der Waals surface area contributed by atoms with E-state index >= 15 is 0 Å². The first-order valence-corrected chi connectivity index (χ1v) is 14.4. The molecule has 0 bridgehead atoms. The molecule has 8 heteroatoms. The number of nitrogens with one attached hydrogen (secondary N) is 2. The third-order valence-corrected chi connectivity index (χ3v) is 7.90. The van der Waals surface area contributed by atoms with Gasteiger partial charge in [-0.1, -0.05) is 56.7 Å². The fraction of sp³-hybridized carbons (Fsp3) is 0.469. The Balaban J connectivity index is 1.24. The SMILES string of the molecule is Cc1ccc(-n2nc(C(C)(C)C)cc2NC(=O)Nc2ccccc2CC2CCN(C(=O)C3CCCO3)CC2)cc1. The molecular formula is C32H41N5O3.